The van der Waals surface area contributed by atoms with Crippen molar-refractivity contribution in [2.45, 2.75) is 97.7 Å². The van der Waals surface area contributed by atoms with E-state index in [1.54, 1.807) is 0 Å². The van der Waals surface area contributed by atoms with Gasteiger partial charge in [-0.05, 0) is 73.1 Å². The third-order valence-corrected chi connectivity index (χ3v) is 4.76. The molecule has 1 fully saturated rings. The Balaban J connectivity index is 2.44. The first-order valence-electron chi connectivity index (χ1n) is 8.45. The molecule has 22 heavy (non-hydrogen) atoms. The maximum absolute atomic E-state index is 12.1. The zero-order valence-corrected chi connectivity index (χ0v) is 15.1. The minimum absolute atomic E-state index is 0.191. The first-order chi connectivity index (χ1) is 10.00. The van der Waals surface area contributed by atoms with Gasteiger partial charge >= 0.3 is 11.9 Å². The van der Waals surface area contributed by atoms with E-state index < -0.39 is 11.0 Å². The minimum Gasteiger partial charge on any atom is -0.459 e. The molecular weight excluding hydrogens is 280 g/mol. The van der Waals surface area contributed by atoms with E-state index in [0.29, 0.717) is 6.42 Å². The molecule has 1 aliphatic rings. The van der Waals surface area contributed by atoms with E-state index in [9.17, 15) is 9.59 Å². The minimum atomic E-state index is -0.654. The second-order valence-corrected chi connectivity index (χ2v) is 8.02. The summed E-state index contributed by atoms with van der Waals surface area (Å²) in [5.41, 5.74) is -1.43. The summed E-state index contributed by atoms with van der Waals surface area (Å²) in [5.74, 6) is -0.403. The van der Waals surface area contributed by atoms with Crippen molar-refractivity contribution >= 4 is 11.9 Å². The third-order valence-electron chi connectivity index (χ3n) is 4.76. The number of carbonyl (C=O) groups is 2. The van der Waals surface area contributed by atoms with Gasteiger partial charge in [0.2, 0.25) is 0 Å². The lowest BCUT2D eigenvalue weighted by atomic mass is 9.90. The topological polar surface area (TPSA) is 52.6 Å². The first kappa shape index (κ1) is 19.0. The molecule has 0 amide bonds. The molecule has 128 valence electrons. The van der Waals surface area contributed by atoms with Crippen LogP contribution in [0.2, 0.25) is 0 Å². The average molecular weight is 312 g/mol. The van der Waals surface area contributed by atoms with Gasteiger partial charge in [0.05, 0.1) is 5.41 Å². The number of hydrogen-bond donors (Lipinski definition) is 0. The molecule has 0 atom stereocenters. The van der Waals surface area contributed by atoms with Crippen LogP contribution in [0.25, 0.3) is 0 Å². The van der Waals surface area contributed by atoms with E-state index in [1.165, 1.54) is 0 Å². The SMILES string of the molecule is CCC(C)(C)C(=O)OC(C)(C)CCC(=O)OC1(C)CCCC1. The Morgan fingerprint density at radius 1 is 1.09 bits per heavy atom. The molecule has 0 aliphatic heterocycles. The average Bonchev–Trinajstić information content (AvgIpc) is 2.82. The predicted octanol–water partition coefficient (Wildman–Crippen LogP) is 4.40. The summed E-state index contributed by atoms with van der Waals surface area (Å²) in [6.07, 6.45) is 5.62. The van der Waals surface area contributed by atoms with Crippen molar-refractivity contribution in [3.05, 3.63) is 0 Å². The smallest absolute Gasteiger partial charge is 0.312 e. The van der Waals surface area contributed by atoms with Crippen molar-refractivity contribution in [2.75, 3.05) is 0 Å². The fourth-order valence-corrected chi connectivity index (χ4v) is 2.54. The number of carbonyl (C=O) groups excluding carboxylic acids is 2. The van der Waals surface area contributed by atoms with Gasteiger partial charge < -0.3 is 9.47 Å². The van der Waals surface area contributed by atoms with Gasteiger partial charge in [-0.2, -0.15) is 0 Å². The molecule has 0 radical (unpaired) electrons. The van der Waals surface area contributed by atoms with E-state index in [2.05, 4.69) is 0 Å². The Bertz CT molecular complexity index is 403. The summed E-state index contributed by atoms with van der Waals surface area (Å²) in [5, 5.41) is 0. The highest BCUT2D eigenvalue weighted by atomic mass is 16.6. The van der Waals surface area contributed by atoms with E-state index in [4.69, 9.17) is 9.47 Å². The van der Waals surface area contributed by atoms with Crippen molar-refractivity contribution in [3.8, 4) is 0 Å². The summed E-state index contributed by atoms with van der Waals surface area (Å²) in [6, 6.07) is 0. The van der Waals surface area contributed by atoms with Crippen LogP contribution >= 0.6 is 0 Å². The van der Waals surface area contributed by atoms with Crippen LogP contribution in [-0.4, -0.2) is 23.1 Å². The van der Waals surface area contributed by atoms with Gasteiger partial charge in [-0.25, -0.2) is 0 Å². The molecule has 0 heterocycles. The summed E-state index contributed by atoms with van der Waals surface area (Å²) in [4.78, 5) is 24.2. The fourth-order valence-electron chi connectivity index (χ4n) is 2.54. The molecule has 4 nitrogen and oxygen atoms in total. The van der Waals surface area contributed by atoms with E-state index in [0.717, 1.165) is 32.1 Å². The largest absolute Gasteiger partial charge is 0.459 e. The Morgan fingerprint density at radius 2 is 1.64 bits per heavy atom. The third kappa shape index (κ3) is 5.62. The Hall–Kier alpha value is -1.06. The standard InChI is InChI=1S/C18H32O4/c1-7-16(2,3)15(20)22-17(4,5)13-10-14(19)21-18(6)11-8-9-12-18/h7-13H2,1-6H3. The summed E-state index contributed by atoms with van der Waals surface area (Å²) >= 11 is 0. The normalized spacial score (nSPS) is 18.1. The van der Waals surface area contributed by atoms with E-state index in [-0.39, 0.29) is 24.0 Å². The second-order valence-electron chi connectivity index (χ2n) is 8.02. The van der Waals surface area contributed by atoms with Crippen LogP contribution in [-0.2, 0) is 19.1 Å². The van der Waals surface area contributed by atoms with Crippen LogP contribution in [0.3, 0.4) is 0 Å². The fraction of sp³-hybridized carbons (Fsp3) is 0.889. The quantitative estimate of drug-likeness (QED) is 0.654. The Morgan fingerprint density at radius 3 is 2.14 bits per heavy atom. The predicted molar refractivity (Wildman–Crippen MR) is 86.4 cm³/mol. The molecule has 0 saturated heterocycles. The molecule has 0 N–H and O–H groups in total. The molecule has 4 heteroatoms. The summed E-state index contributed by atoms with van der Waals surface area (Å²) in [7, 11) is 0. The zero-order valence-electron chi connectivity index (χ0n) is 15.1. The van der Waals surface area contributed by atoms with E-state index >= 15 is 0 Å². The molecule has 1 aliphatic carbocycles. The Labute approximate surface area is 134 Å². The second kappa shape index (κ2) is 7.01. The first-order valence-corrected chi connectivity index (χ1v) is 8.45. The highest BCUT2D eigenvalue weighted by Gasteiger charge is 2.35. The molecule has 0 aromatic heterocycles. The lowest BCUT2D eigenvalue weighted by Crippen LogP contribution is -2.36. The van der Waals surface area contributed by atoms with Crippen LogP contribution in [0.1, 0.15) is 86.5 Å². The van der Waals surface area contributed by atoms with Gasteiger partial charge in [-0.3, -0.25) is 9.59 Å². The zero-order chi connectivity index (χ0) is 17.0. The van der Waals surface area contributed by atoms with Gasteiger partial charge in [0.15, 0.2) is 0 Å². The molecule has 1 saturated carbocycles. The van der Waals surface area contributed by atoms with Crippen molar-refractivity contribution in [2.24, 2.45) is 5.41 Å². The molecular formula is C18H32O4. The van der Waals surface area contributed by atoms with Crippen LogP contribution in [0, 0.1) is 5.41 Å². The molecule has 0 spiro atoms. The molecule has 0 aromatic rings. The van der Waals surface area contributed by atoms with Crippen molar-refractivity contribution < 1.29 is 19.1 Å². The Kier molecular flexibility index (Phi) is 6.05. The molecule has 0 aromatic carbocycles. The number of hydrogen-bond acceptors (Lipinski definition) is 4. The lowest BCUT2D eigenvalue weighted by molar-refractivity contribution is -0.171. The highest BCUT2D eigenvalue weighted by molar-refractivity contribution is 5.76. The maximum Gasteiger partial charge on any atom is 0.312 e. The van der Waals surface area contributed by atoms with Crippen molar-refractivity contribution in [1.82, 2.24) is 0 Å². The lowest BCUT2D eigenvalue weighted by Gasteiger charge is -2.31. The number of esters is 2. The van der Waals surface area contributed by atoms with Crippen molar-refractivity contribution in [3.63, 3.8) is 0 Å². The number of ether oxygens (including phenoxy) is 2. The van der Waals surface area contributed by atoms with E-state index in [1.807, 2.05) is 41.5 Å². The summed E-state index contributed by atoms with van der Waals surface area (Å²) in [6.45, 7) is 11.4. The van der Waals surface area contributed by atoms with Gasteiger partial charge in [0.25, 0.3) is 0 Å². The van der Waals surface area contributed by atoms with Gasteiger partial charge in [-0.1, -0.05) is 6.92 Å². The van der Waals surface area contributed by atoms with Crippen LogP contribution in [0.15, 0.2) is 0 Å². The van der Waals surface area contributed by atoms with Gasteiger partial charge in [0, 0.05) is 6.42 Å². The van der Waals surface area contributed by atoms with Crippen LogP contribution in [0.5, 0.6) is 0 Å². The summed E-state index contributed by atoms with van der Waals surface area (Å²) < 4.78 is 11.2. The van der Waals surface area contributed by atoms with Crippen molar-refractivity contribution in [1.29, 1.82) is 0 Å². The van der Waals surface area contributed by atoms with Crippen LogP contribution < -0.4 is 0 Å². The van der Waals surface area contributed by atoms with Gasteiger partial charge in [-0.15, -0.1) is 0 Å². The monoisotopic (exact) mass is 312 g/mol. The maximum atomic E-state index is 12.1. The van der Waals surface area contributed by atoms with Crippen LogP contribution in [0.4, 0.5) is 0 Å². The highest BCUT2D eigenvalue weighted by Crippen LogP contribution is 2.33. The molecule has 1 rings (SSSR count). The van der Waals surface area contributed by atoms with Gasteiger partial charge in [0.1, 0.15) is 11.2 Å². The molecule has 0 bridgehead atoms. The molecule has 0 unspecified atom stereocenters. The number of rotatable bonds is 7.